The van der Waals surface area contributed by atoms with E-state index < -0.39 is 6.04 Å². The quantitative estimate of drug-likeness (QED) is 0.871. The molecule has 1 aromatic rings. The van der Waals surface area contributed by atoms with E-state index in [1.165, 1.54) is 12.8 Å². The SMILES string of the molecule is O=C(COCC1CC1)N[C@@H]1CCN(c2cccc(Cl)c2)C1=O. The minimum atomic E-state index is -0.476. The number of nitrogens with one attached hydrogen (secondary N) is 1. The van der Waals surface area contributed by atoms with Crippen molar-refractivity contribution >= 4 is 29.1 Å². The van der Waals surface area contributed by atoms with Crippen LogP contribution < -0.4 is 10.2 Å². The molecule has 118 valence electrons. The Kier molecular flexibility index (Phi) is 4.64. The highest BCUT2D eigenvalue weighted by Gasteiger charge is 2.33. The van der Waals surface area contributed by atoms with Crippen molar-refractivity contribution < 1.29 is 14.3 Å². The number of nitrogens with zero attached hydrogens (tertiary/aromatic N) is 1. The lowest BCUT2D eigenvalue weighted by Gasteiger charge is -2.17. The van der Waals surface area contributed by atoms with Crippen molar-refractivity contribution in [2.24, 2.45) is 5.92 Å². The summed E-state index contributed by atoms with van der Waals surface area (Å²) in [6.45, 7) is 1.24. The molecule has 0 aromatic heterocycles. The Hall–Kier alpha value is -1.59. The number of benzene rings is 1. The fourth-order valence-electron chi connectivity index (χ4n) is 2.55. The van der Waals surface area contributed by atoms with Crippen molar-refractivity contribution in [3.63, 3.8) is 0 Å². The van der Waals surface area contributed by atoms with Crippen LogP contribution in [0.25, 0.3) is 0 Å². The number of amides is 2. The molecule has 5 nitrogen and oxygen atoms in total. The molecule has 1 aliphatic heterocycles. The fraction of sp³-hybridized carbons (Fsp3) is 0.500. The van der Waals surface area contributed by atoms with Crippen molar-refractivity contribution in [2.45, 2.75) is 25.3 Å². The van der Waals surface area contributed by atoms with Gasteiger partial charge in [-0.25, -0.2) is 0 Å². The molecule has 0 radical (unpaired) electrons. The molecule has 6 heteroatoms. The highest BCUT2D eigenvalue weighted by atomic mass is 35.5. The zero-order chi connectivity index (χ0) is 15.5. The number of carbonyl (C=O) groups excluding carboxylic acids is 2. The number of halogens is 1. The number of anilines is 1. The lowest BCUT2D eigenvalue weighted by Crippen LogP contribution is -2.43. The summed E-state index contributed by atoms with van der Waals surface area (Å²) in [5, 5.41) is 3.34. The summed E-state index contributed by atoms with van der Waals surface area (Å²) < 4.78 is 5.34. The average molecular weight is 323 g/mol. The lowest BCUT2D eigenvalue weighted by molar-refractivity contribution is -0.129. The zero-order valence-corrected chi connectivity index (χ0v) is 13.0. The largest absolute Gasteiger partial charge is 0.371 e. The first-order valence-corrected chi connectivity index (χ1v) is 7.95. The van der Waals surface area contributed by atoms with Gasteiger partial charge in [-0.3, -0.25) is 9.59 Å². The van der Waals surface area contributed by atoms with Gasteiger partial charge < -0.3 is 15.0 Å². The van der Waals surface area contributed by atoms with Crippen LogP contribution in [0.1, 0.15) is 19.3 Å². The minimum absolute atomic E-state index is 0.0252. The maximum Gasteiger partial charge on any atom is 0.249 e. The summed E-state index contributed by atoms with van der Waals surface area (Å²) >= 11 is 5.96. The normalized spacial score (nSPS) is 21.2. The monoisotopic (exact) mass is 322 g/mol. The molecule has 1 saturated heterocycles. The van der Waals surface area contributed by atoms with E-state index in [9.17, 15) is 9.59 Å². The van der Waals surface area contributed by atoms with E-state index in [0.29, 0.717) is 30.5 Å². The molecule has 3 rings (SSSR count). The molecule has 2 amide bonds. The molecule has 1 N–H and O–H groups in total. The minimum Gasteiger partial charge on any atom is -0.371 e. The Morgan fingerprint density at radius 1 is 1.36 bits per heavy atom. The van der Waals surface area contributed by atoms with Crippen LogP contribution in [0.4, 0.5) is 5.69 Å². The van der Waals surface area contributed by atoms with Crippen LogP contribution in [0, 0.1) is 5.92 Å². The van der Waals surface area contributed by atoms with Crippen molar-refractivity contribution in [3.8, 4) is 0 Å². The molecule has 1 saturated carbocycles. The standard InChI is InChI=1S/C16H19ClN2O3/c17-12-2-1-3-13(8-12)19-7-6-14(16(19)21)18-15(20)10-22-9-11-4-5-11/h1-3,8,11,14H,4-7,9-10H2,(H,18,20)/t14-/m1/s1. The van der Waals surface area contributed by atoms with E-state index >= 15 is 0 Å². The fourth-order valence-corrected chi connectivity index (χ4v) is 2.74. The highest BCUT2D eigenvalue weighted by molar-refractivity contribution is 6.31. The molecule has 0 bridgehead atoms. The number of rotatable bonds is 6. The Morgan fingerprint density at radius 2 is 2.18 bits per heavy atom. The first-order valence-electron chi connectivity index (χ1n) is 7.57. The smallest absolute Gasteiger partial charge is 0.249 e. The van der Waals surface area contributed by atoms with Gasteiger partial charge in [0.05, 0.1) is 6.61 Å². The molecule has 0 unspecified atom stereocenters. The molecule has 22 heavy (non-hydrogen) atoms. The van der Waals surface area contributed by atoms with Crippen LogP contribution in [-0.2, 0) is 14.3 Å². The van der Waals surface area contributed by atoms with Crippen LogP contribution in [0.5, 0.6) is 0 Å². The van der Waals surface area contributed by atoms with Crippen molar-refractivity contribution in [3.05, 3.63) is 29.3 Å². The van der Waals surface area contributed by atoms with Crippen molar-refractivity contribution in [1.82, 2.24) is 5.32 Å². The summed E-state index contributed by atoms with van der Waals surface area (Å²) in [5.74, 6) is 0.295. The number of carbonyl (C=O) groups is 2. The Morgan fingerprint density at radius 3 is 2.91 bits per heavy atom. The van der Waals surface area contributed by atoms with Gasteiger partial charge in [-0.05, 0) is 43.4 Å². The van der Waals surface area contributed by atoms with Gasteiger partial charge in [0.25, 0.3) is 0 Å². The Labute approximate surface area is 134 Å². The van der Waals surface area contributed by atoms with E-state index in [1.807, 2.05) is 12.1 Å². The second kappa shape index (κ2) is 6.67. The van der Waals surface area contributed by atoms with E-state index in [1.54, 1.807) is 17.0 Å². The molecular weight excluding hydrogens is 304 g/mol. The van der Waals surface area contributed by atoms with Gasteiger partial charge in [-0.2, -0.15) is 0 Å². The third kappa shape index (κ3) is 3.78. The molecule has 1 atom stereocenters. The molecule has 2 aliphatic rings. The third-order valence-electron chi connectivity index (χ3n) is 3.94. The summed E-state index contributed by atoms with van der Waals surface area (Å²) in [6.07, 6.45) is 2.98. The predicted octanol–water partition coefficient (Wildman–Crippen LogP) is 1.99. The van der Waals surface area contributed by atoms with Crippen molar-refractivity contribution in [2.75, 3.05) is 24.7 Å². The van der Waals surface area contributed by atoms with Crippen LogP contribution >= 0.6 is 11.6 Å². The van der Waals surface area contributed by atoms with Gasteiger partial charge in [0.1, 0.15) is 12.6 Å². The first kappa shape index (κ1) is 15.3. The van der Waals surface area contributed by atoms with E-state index in [-0.39, 0.29) is 18.4 Å². The van der Waals surface area contributed by atoms with E-state index in [2.05, 4.69) is 5.32 Å². The predicted molar refractivity (Wildman–Crippen MR) is 83.9 cm³/mol. The van der Waals surface area contributed by atoms with Gasteiger partial charge in [0, 0.05) is 17.3 Å². The maximum absolute atomic E-state index is 12.4. The number of hydrogen-bond donors (Lipinski definition) is 1. The molecule has 1 aromatic carbocycles. The van der Waals surface area contributed by atoms with Gasteiger partial charge in [-0.15, -0.1) is 0 Å². The van der Waals surface area contributed by atoms with Gasteiger partial charge in [0.2, 0.25) is 11.8 Å². The second-order valence-electron chi connectivity index (χ2n) is 5.84. The first-order chi connectivity index (χ1) is 10.6. The third-order valence-corrected chi connectivity index (χ3v) is 4.18. The Balaban J connectivity index is 1.50. The van der Waals surface area contributed by atoms with E-state index in [4.69, 9.17) is 16.3 Å². The summed E-state index contributed by atoms with van der Waals surface area (Å²) in [5.41, 5.74) is 0.763. The average Bonchev–Trinajstić information content (AvgIpc) is 3.24. The topological polar surface area (TPSA) is 58.6 Å². The van der Waals surface area contributed by atoms with Crippen LogP contribution in [-0.4, -0.2) is 37.6 Å². The van der Waals surface area contributed by atoms with E-state index in [0.717, 1.165) is 5.69 Å². The van der Waals surface area contributed by atoms with Gasteiger partial charge >= 0.3 is 0 Å². The highest BCUT2D eigenvalue weighted by Crippen LogP contribution is 2.28. The maximum atomic E-state index is 12.4. The van der Waals surface area contributed by atoms with Gasteiger partial charge in [-0.1, -0.05) is 17.7 Å². The molecule has 0 spiro atoms. The number of ether oxygens (including phenoxy) is 1. The van der Waals surface area contributed by atoms with Crippen LogP contribution in [0.2, 0.25) is 5.02 Å². The summed E-state index contributed by atoms with van der Waals surface area (Å²) in [7, 11) is 0. The summed E-state index contributed by atoms with van der Waals surface area (Å²) in [6, 6.07) is 6.69. The van der Waals surface area contributed by atoms with Crippen LogP contribution in [0.3, 0.4) is 0 Å². The number of hydrogen-bond acceptors (Lipinski definition) is 3. The molecule has 2 fully saturated rings. The summed E-state index contributed by atoms with van der Waals surface area (Å²) in [4.78, 5) is 25.8. The molecule has 1 aliphatic carbocycles. The molecule has 1 heterocycles. The van der Waals surface area contributed by atoms with Gasteiger partial charge in [0.15, 0.2) is 0 Å². The van der Waals surface area contributed by atoms with Crippen LogP contribution in [0.15, 0.2) is 24.3 Å². The lowest BCUT2D eigenvalue weighted by atomic mass is 10.2. The molecular formula is C16H19ClN2O3. The van der Waals surface area contributed by atoms with Crippen molar-refractivity contribution in [1.29, 1.82) is 0 Å². The second-order valence-corrected chi connectivity index (χ2v) is 6.27. The zero-order valence-electron chi connectivity index (χ0n) is 12.3. The Bertz CT molecular complexity index is 574.